The maximum absolute atomic E-state index is 6.14. The first kappa shape index (κ1) is 13.2. The number of hydrogen-bond donors (Lipinski definition) is 0. The van der Waals surface area contributed by atoms with Gasteiger partial charge in [-0.1, -0.05) is 40.9 Å². The Bertz CT molecular complexity index is 392. The van der Waals surface area contributed by atoms with E-state index in [1.54, 1.807) is 0 Å². The van der Waals surface area contributed by atoms with Crippen LogP contribution >= 0.6 is 27.5 Å². The summed E-state index contributed by atoms with van der Waals surface area (Å²) in [6, 6.07) is 4.09. The molecule has 0 N–H and O–H groups in total. The zero-order valence-corrected chi connectivity index (χ0v) is 12.5. The molecule has 0 aromatic heterocycles. The summed E-state index contributed by atoms with van der Waals surface area (Å²) in [7, 11) is 0. The van der Waals surface area contributed by atoms with Crippen molar-refractivity contribution in [3.63, 3.8) is 0 Å². The van der Waals surface area contributed by atoms with Crippen LogP contribution in [0.1, 0.15) is 37.3 Å². The molecule has 1 unspecified atom stereocenters. The number of hydrogen-bond acceptors (Lipinski definition) is 1. The summed E-state index contributed by atoms with van der Waals surface area (Å²) in [5.74, 6) is 1.09. The molecule has 1 nitrogen and oxygen atoms in total. The van der Waals surface area contributed by atoms with Crippen molar-refractivity contribution in [1.29, 1.82) is 0 Å². The fourth-order valence-electron chi connectivity index (χ4n) is 2.30. The molecule has 0 fully saturated rings. The van der Waals surface area contributed by atoms with Crippen LogP contribution in [0.25, 0.3) is 0 Å². The van der Waals surface area contributed by atoms with E-state index >= 15 is 0 Å². The molecule has 2 rings (SSSR count). The van der Waals surface area contributed by atoms with Crippen molar-refractivity contribution < 1.29 is 4.74 Å². The average Bonchev–Trinajstić information content (AvgIpc) is 2.74. The van der Waals surface area contributed by atoms with E-state index in [-0.39, 0.29) is 0 Å². The Balaban J connectivity index is 2.05. The molecule has 1 aromatic carbocycles. The van der Waals surface area contributed by atoms with Gasteiger partial charge < -0.3 is 4.74 Å². The normalized spacial score (nSPS) is 15.5. The monoisotopic (exact) mass is 316 g/mol. The summed E-state index contributed by atoms with van der Waals surface area (Å²) in [5, 5.41) is 0.839. The van der Waals surface area contributed by atoms with Gasteiger partial charge in [0, 0.05) is 16.3 Å². The van der Waals surface area contributed by atoms with Crippen LogP contribution < -0.4 is 4.74 Å². The van der Waals surface area contributed by atoms with E-state index in [1.807, 2.05) is 6.07 Å². The Morgan fingerprint density at radius 3 is 3.00 bits per heavy atom. The average molecular weight is 318 g/mol. The van der Waals surface area contributed by atoms with E-state index in [0.29, 0.717) is 4.83 Å². The van der Waals surface area contributed by atoms with Crippen molar-refractivity contribution in [3.8, 4) is 5.75 Å². The van der Waals surface area contributed by atoms with Crippen molar-refractivity contribution in [1.82, 2.24) is 0 Å². The Hall–Kier alpha value is -0.210. The summed E-state index contributed by atoms with van der Waals surface area (Å²) < 4.78 is 5.70. The maximum atomic E-state index is 6.14. The molecule has 1 aliphatic heterocycles. The molecule has 0 radical (unpaired) electrons. The van der Waals surface area contributed by atoms with Crippen LogP contribution in [0.3, 0.4) is 0 Å². The number of aryl methyl sites for hydroxylation is 1. The quantitative estimate of drug-likeness (QED) is 0.711. The van der Waals surface area contributed by atoms with E-state index in [4.69, 9.17) is 16.3 Å². The lowest BCUT2D eigenvalue weighted by molar-refractivity contribution is 0.353. The molecule has 0 amide bonds. The summed E-state index contributed by atoms with van der Waals surface area (Å²) in [4.78, 5) is 0.600. The molecule has 0 aliphatic carbocycles. The van der Waals surface area contributed by atoms with Crippen LogP contribution in [0.2, 0.25) is 5.02 Å². The number of ether oxygens (including phenoxy) is 1. The number of fused-ring (bicyclic) bond motifs is 1. The molecule has 3 heteroatoms. The lowest BCUT2D eigenvalue weighted by Gasteiger charge is -2.11. The lowest BCUT2D eigenvalue weighted by atomic mass is 10.0. The van der Waals surface area contributed by atoms with Gasteiger partial charge in [-0.2, -0.15) is 0 Å². The van der Waals surface area contributed by atoms with Gasteiger partial charge in [-0.25, -0.2) is 0 Å². The van der Waals surface area contributed by atoms with Crippen LogP contribution in [-0.2, 0) is 12.8 Å². The Kier molecular flexibility index (Phi) is 4.75. The van der Waals surface area contributed by atoms with Gasteiger partial charge in [-0.15, -0.1) is 0 Å². The van der Waals surface area contributed by atoms with Crippen LogP contribution in [-0.4, -0.2) is 11.4 Å². The first-order valence-electron chi connectivity index (χ1n) is 6.29. The highest BCUT2D eigenvalue weighted by molar-refractivity contribution is 9.09. The van der Waals surface area contributed by atoms with Gasteiger partial charge in [-0.3, -0.25) is 0 Å². The molecule has 0 saturated heterocycles. The highest BCUT2D eigenvalue weighted by atomic mass is 79.9. The molecule has 1 aliphatic rings. The highest BCUT2D eigenvalue weighted by Crippen LogP contribution is 2.34. The van der Waals surface area contributed by atoms with E-state index in [2.05, 4.69) is 28.9 Å². The molecular formula is C14H18BrClO. The minimum atomic E-state index is 0.600. The van der Waals surface area contributed by atoms with Crippen molar-refractivity contribution in [3.05, 3.63) is 28.3 Å². The van der Waals surface area contributed by atoms with Crippen LogP contribution in [0.4, 0.5) is 0 Å². The van der Waals surface area contributed by atoms with Crippen molar-refractivity contribution in [2.24, 2.45) is 0 Å². The van der Waals surface area contributed by atoms with Crippen molar-refractivity contribution in [2.45, 2.75) is 43.9 Å². The van der Waals surface area contributed by atoms with E-state index in [0.717, 1.165) is 36.6 Å². The molecule has 0 bridgehead atoms. The van der Waals surface area contributed by atoms with Crippen LogP contribution in [0.5, 0.6) is 5.75 Å². The van der Waals surface area contributed by atoms with E-state index < -0.39 is 0 Å². The summed E-state index contributed by atoms with van der Waals surface area (Å²) >= 11 is 9.86. The predicted molar refractivity (Wildman–Crippen MR) is 76.6 cm³/mol. The first-order valence-corrected chi connectivity index (χ1v) is 7.58. The van der Waals surface area contributed by atoms with Gasteiger partial charge in [0.05, 0.1) is 6.61 Å². The Morgan fingerprint density at radius 1 is 1.41 bits per heavy atom. The Labute approximate surface area is 117 Å². The third kappa shape index (κ3) is 3.38. The summed E-state index contributed by atoms with van der Waals surface area (Å²) in [5.41, 5.74) is 2.54. The second kappa shape index (κ2) is 6.10. The van der Waals surface area contributed by atoms with Gasteiger partial charge in [0.15, 0.2) is 0 Å². The van der Waals surface area contributed by atoms with Gasteiger partial charge in [-0.05, 0) is 42.5 Å². The van der Waals surface area contributed by atoms with Crippen LogP contribution in [0, 0.1) is 0 Å². The largest absolute Gasteiger partial charge is 0.493 e. The molecule has 94 valence electrons. The molecular weight excluding hydrogens is 300 g/mol. The minimum Gasteiger partial charge on any atom is -0.493 e. The smallest absolute Gasteiger partial charge is 0.125 e. The van der Waals surface area contributed by atoms with Gasteiger partial charge in [0.25, 0.3) is 0 Å². The van der Waals surface area contributed by atoms with E-state index in [9.17, 15) is 0 Å². The summed E-state index contributed by atoms with van der Waals surface area (Å²) in [6.45, 7) is 3.02. The molecule has 0 spiro atoms. The molecule has 0 saturated carbocycles. The SMILES string of the molecule is CCCC(Br)CCc1cc(Cl)cc2c1OCC2. The number of alkyl halides is 1. The number of benzene rings is 1. The molecule has 1 heterocycles. The van der Waals surface area contributed by atoms with Crippen LogP contribution in [0.15, 0.2) is 12.1 Å². The standard InChI is InChI=1S/C14H18BrClO/c1-2-3-12(15)5-4-10-8-13(16)9-11-6-7-17-14(10)11/h8-9,12H,2-7H2,1H3. The van der Waals surface area contributed by atoms with Gasteiger partial charge in [0.1, 0.15) is 5.75 Å². The predicted octanol–water partition coefficient (Wildman–Crippen LogP) is 4.77. The third-order valence-corrected chi connectivity index (χ3v) is 4.29. The summed E-state index contributed by atoms with van der Waals surface area (Å²) in [6.07, 6.45) is 5.63. The zero-order valence-electron chi connectivity index (χ0n) is 10.1. The Morgan fingerprint density at radius 2 is 2.24 bits per heavy atom. The third-order valence-electron chi connectivity index (χ3n) is 3.15. The van der Waals surface area contributed by atoms with Gasteiger partial charge in [0.2, 0.25) is 0 Å². The first-order chi connectivity index (χ1) is 8.20. The number of halogens is 2. The van der Waals surface area contributed by atoms with Crippen molar-refractivity contribution in [2.75, 3.05) is 6.61 Å². The second-order valence-corrected chi connectivity index (χ2v) is 6.31. The molecule has 17 heavy (non-hydrogen) atoms. The fourth-order valence-corrected chi connectivity index (χ4v) is 3.25. The minimum absolute atomic E-state index is 0.600. The highest BCUT2D eigenvalue weighted by Gasteiger charge is 2.17. The fraction of sp³-hybridized carbons (Fsp3) is 0.571. The topological polar surface area (TPSA) is 9.23 Å². The zero-order chi connectivity index (χ0) is 12.3. The molecule has 1 atom stereocenters. The van der Waals surface area contributed by atoms with Gasteiger partial charge >= 0.3 is 0 Å². The lowest BCUT2D eigenvalue weighted by Crippen LogP contribution is -2.01. The number of rotatable bonds is 5. The van der Waals surface area contributed by atoms with Crippen molar-refractivity contribution >= 4 is 27.5 Å². The molecule has 1 aromatic rings. The van der Waals surface area contributed by atoms with E-state index in [1.165, 1.54) is 24.0 Å². The second-order valence-electron chi connectivity index (χ2n) is 4.58. The maximum Gasteiger partial charge on any atom is 0.125 e.